The molecular formula is C18H19FN4O2. The van der Waals surface area contributed by atoms with Crippen molar-refractivity contribution in [2.75, 3.05) is 31.5 Å². The van der Waals surface area contributed by atoms with Crippen molar-refractivity contribution in [1.82, 2.24) is 14.8 Å². The third-order valence-electron chi connectivity index (χ3n) is 4.12. The molecule has 6 nitrogen and oxygen atoms in total. The van der Waals surface area contributed by atoms with Crippen LogP contribution in [0.4, 0.5) is 15.8 Å². The molecule has 0 bridgehead atoms. The average molecular weight is 342 g/mol. The topological polar surface area (TPSA) is 65.5 Å². The van der Waals surface area contributed by atoms with Crippen molar-refractivity contribution in [1.29, 1.82) is 0 Å². The Bertz CT molecular complexity index is 771. The van der Waals surface area contributed by atoms with Gasteiger partial charge in [0.05, 0.1) is 0 Å². The van der Waals surface area contributed by atoms with Gasteiger partial charge in [-0.25, -0.2) is 4.39 Å². The van der Waals surface area contributed by atoms with Crippen molar-refractivity contribution in [3.05, 3.63) is 54.1 Å². The number of nitrogens with zero attached hydrogens (tertiary/aromatic N) is 3. The maximum absolute atomic E-state index is 13.0. The molecule has 1 aromatic carbocycles. The maximum Gasteiger partial charge on any atom is 0.272 e. The molecule has 1 aliphatic rings. The van der Waals surface area contributed by atoms with Crippen LogP contribution in [0.25, 0.3) is 0 Å². The Hall–Kier alpha value is -2.96. The summed E-state index contributed by atoms with van der Waals surface area (Å²) in [4.78, 5) is 31.5. The Morgan fingerprint density at radius 3 is 2.28 bits per heavy atom. The Balaban J connectivity index is 1.67. The van der Waals surface area contributed by atoms with Crippen LogP contribution in [-0.4, -0.2) is 52.8 Å². The number of carbonyl (C=O) groups excluding carboxylic acids is 2. The van der Waals surface area contributed by atoms with Crippen LogP contribution in [0.1, 0.15) is 17.4 Å². The fourth-order valence-corrected chi connectivity index (χ4v) is 2.71. The number of anilines is 2. The standard InChI is InChI=1S/C18H19FN4O2/c1-13(24)22-8-10-23(11-9-22)18(25)17-12-16(6-7-20-17)21-15-4-2-14(19)3-5-15/h2-7,12H,8-11H2,1H3,(H,20,21). The normalized spacial score (nSPS) is 14.3. The second-order valence-electron chi connectivity index (χ2n) is 5.86. The van der Waals surface area contributed by atoms with E-state index >= 15 is 0 Å². The van der Waals surface area contributed by atoms with E-state index in [1.165, 1.54) is 19.1 Å². The average Bonchev–Trinajstić information content (AvgIpc) is 2.63. The monoisotopic (exact) mass is 342 g/mol. The first-order valence-corrected chi connectivity index (χ1v) is 8.06. The van der Waals surface area contributed by atoms with Gasteiger partial charge in [-0.1, -0.05) is 0 Å². The van der Waals surface area contributed by atoms with Crippen molar-refractivity contribution >= 4 is 23.2 Å². The molecule has 3 rings (SSSR count). The first kappa shape index (κ1) is 16.9. The molecule has 0 saturated carbocycles. The highest BCUT2D eigenvalue weighted by Crippen LogP contribution is 2.18. The minimum atomic E-state index is -0.305. The first-order chi connectivity index (χ1) is 12.0. The molecule has 7 heteroatoms. The van der Waals surface area contributed by atoms with Crippen LogP contribution in [0, 0.1) is 5.82 Å². The van der Waals surface area contributed by atoms with E-state index in [1.807, 2.05) is 0 Å². The molecule has 2 heterocycles. The van der Waals surface area contributed by atoms with Crippen LogP contribution < -0.4 is 5.32 Å². The highest BCUT2D eigenvalue weighted by atomic mass is 19.1. The molecule has 2 amide bonds. The molecular weight excluding hydrogens is 323 g/mol. The molecule has 1 aromatic heterocycles. The summed E-state index contributed by atoms with van der Waals surface area (Å²) >= 11 is 0. The number of amides is 2. The lowest BCUT2D eigenvalue weighted by atomic mass is 10.2. The van der Waals surface area contributed by atoms with Crippen LogP contribution in [0.15, 0.2) is 42.6 Å². The van der Waals surface area contributed by atoms with Crippen molar-refractivity contribution in [3.8, 4) is 0 Å². The van der Waals surface area contributed by atoms with E-state index in [4.69, 9.17) is 0 Å². The van der Waals surface area contributed by atoms with Gasteiger partial charge in [0, 0.05) is 50.7 Å². The second kappa shape index (κ2) is 7.29. The number of piperazine rings is 1. The van der Waals surface area contributed by atoms with Crippen molar-refractivity contribution in [2.45, 2.75) is 6.92 Å². The molecule has 1 saturated heterocycles. The molecule has 25 heavy (non-hydrogen) atoms. The summed E-state index contributed by atoms with van der Waals surface area (Å²) in [6.07, 6.45) is 1.56. The van der Waals surface area contributed by atoms with Crippen molar-refractivity contribution < 1.29 is 14.0 Å². The third-order valence-corrected chi connectivity index (χ3v) is 4.12. The molecule has 130 valence electrons. The number of pyridine rings is 1. The molecule has 0 unspecified atom stereocenters. The Morgan fingerprint density at radius 2 is 1.64 bits per heavy atom. The predicted octanol–water partition coefficient (Wildman–Crippen LogP) is 2.27. The summed E-state index contributed by atoms with van der Waals surface area (Å²) < 4.78 is 13.0. The van der Waals surface area contributed by atoms with E-state index in [1.54, 1.807) is 40.3 Å². The molecule has 1 fully saturated rings. The highest BCUT2D eigenvalue weighted by molar-refractivity contribution is 5.93. The Labute approximate surface area is 145 Å². The molecule has 1 aliphatic heterocycles. The molecule has 1 N–H and O–H groups in total. The van der Waals surface area contributed by atoms with E-state index in [2.05, 4.69) is 10.3 Å². The second-order valence-corrected chi connectivity index (χ2v) is 5.86. The van der Waals surface area contributed by atoms with Crippen molar-refractivity contribution in [3.63, 3.8) is 0 Å². The van der Waals surface area contributed by atoms with Crippen LogP contribution in [-0.2, 0) is 4.79 Å². The van der Waals surface area contributed by atoms with E-state index < -0.39 is 0 Å². The van der Waals surface area contributed by atoms with E-state index in [0.29, 0.717) is 37.6 Å². The van der Waals surface area contributed by atoms with Gasteiger partial charge in [-0.3, -0.25) is 14.6 Å². The maximum atomic E-state index is 13.0. The van der Waals surface area contributed by atoms with Crippen LogP contribution in [0.5, 0.6) is 0 Å². The van der Waals surface area contributed by atoms with E-state index in [-0.39, 0.29) is 17.6 Å². The molecule has 0 spiro atoms. The summed E-state index contributed by atoms with van der Waals surface area (Å²) in [5, 5.41) is 3.12. The molecule has 0 atom stereocenters. The van der Waals surface area contributed by atoms with Gasteiger partial charge in [0.15, 0.2) is 0 Å². The summed E-state index contributed by atoms with van der Waals surface area (Å²) in [6, 6.07) is 9.39. The Morgan fingerprint density at radius 1 is 1.00 bits per heavy atom. The quantitative estimate of drug-likeness (QED) is 0.929. The lowest BCUT2D eigenvalue weighted by Gasteiger charge is -2.34. The van der Waals surface area contributed by atoms with Crippen LogP contribution >= 0.6 is 0 Å². The summed E-state index contributed by atoms with van der Waals surface area (Å²) in [7, 11) is 0. The zero-order valence-electron chi connectivity index (χ0n) is 13.9. The lowest BCUT2D eigenvalue weighted by Crippen LogP contribution is -2.50. The largest absolute Gasteiger partial charge is 0.355 e. The zero-order chi connectivity index (χ0) is 17.8. The molecule has 0 radical (unpaired) electrons. The van der Waals surface area contributed by atoms with Crippen molar-refractivity contribution in [2.24, 2.45) is 0 Å². The van der Waals surface area contributed by atoms with Gasteiger partial charge in [0.25, 0.3) is 5.91 Å². The van der Waals surface area contributed by atoms with Gasteiger partial charge >= 0.3 is 0 Å². The predicted molar refractivity (Wildman–Crippen MR) is 92.1 cm³/mol. The van der Waals surface area contributed by atoms with Crippen LogP contribution in [0.2, 0.25) is 0 Å². The number of aromatic nitrogens is 1. The summed E-state index contributed by atoms with van der Waals surface area (Å²) in [5.41, 5.74) is 1.76. The molecule has 2 aromatic rings. The smallest absolute Gasteiger partial charge is 0.272 e. The van der Waals surface area contributed by atoms with Gasteiger partial charge in [-0.2, -0.15) is 0 Å². The SMILES string of the molecule is CC(=O)N1CCN(C(=O)c2cc(Nc3ccc(F)cc3)ccn2)CC1. The third kappa shape index (κ3) is 4.12. The minimum Gasteiger partial charge on any atom is -0.355 e. The lowest BCUT2D eigenvalue weighted by molar-refractivity contribution is -0.130. The molecule has 0 aliphatic carbocycles. The van der Waals surface area contributed by atoms with Gasteiger partial charge in [-0.15, -0.1) is 0 Å². The number of hydrogen-bond acceptors (Lipinski definition) is 4. The van der Waals surface area contributed by atoms with E-state index in [9.17, 15) is 14.0 Å². The fraction of sp³-hybridized carbons (Fsp3) is 0.278. The minimum absolute atomic E-state index is 0.0238. The fourth-order valence-electron chi connectivity index (χ4n) is 2.71. The van der Waals surface area contributed by atoms with Gasteiger partial charge in [0.2, 0.25) is 5.91 Å². The number of rotatable bonds is 3. The van der Waals surface area contributed by atoms with Gasteiger partial charge in [-0.05, 0) is 36.4 Å². The van der Waals surface area contributed by atoms with Gasteiger partial charge in [0.1, 0.15) is 11.5 Å². The van der Waals surface area contributed by atoms with Crippen LogP contribution in [0.3, 0.4) is 0 Å². The number of halogens is 1. The number of nitrogens with one attached hydrogen (secondary N) is 1. The van der Waals surface area contributed by atoms with E-state index in [0.717, 1.165) is 5.69 Å². The van der Waals surface area contributed by atoms with Gasteiger partial charge < -0.3 is 15.1 Å². The zero-order valence-corrected chi connectivity index (χ0v) is 13.9. The number of carbonyl (C=O) groups is 2. The first-order valence-electron chi connectivity index (χ1n) is 8.06. The number of hydrogen-bond donors (Lipinski definition) is 1. The highest BCUT2D eigenvalue weighted by Gasteiger charge is 2.24. The number of benzene rings is 1. The summed E-state index contributed by atoms with van der Waals surface area (Å²) in [5.74, 6) is -0.442. The summed E-state index contributed by atoms with van der Waals surface area (Å²) in [6.45, 7) is 3.60. The Kier molecular flexibility index (Phi) is 4.92.